The first kappa shape index (κ1) is 16.9. The van der Waals surface area contributed by atoms with Crippen molar-refractivity contribution in [1.82, 2.24) is 0 Å². The quantitative estimate of drug-likeness (QED) is 0.565. The van der Waals surface area contributed by atoms with Gasteiger partial charge in [-0.1, -0.05) is 18.2 Å². The van der Waals surface area contributed by atoms with E-state index >= 15 is 0 Å². The van der Waals surface area contributed by atoms with Crippen LogP contribution < -0.4 is 0 Å². The molecule has 0 saturated carbocycles. The number of aliphatic hydroxyl groups is 1. The largest absolute Gasteiger partial charge is 0.591 e. The van der Waals surface area contributed by atoms with Crippen molar-refractivity contribution in [3.8, 4) is 0 Å². The van der Waals surface area contributed by atoms with Gasteiger partial charge in [-0.05, 0) is 33.6 Å². The van der Waals surface area contributed by atoms with Gasteiger partial charge < -0.3 is 14.4 Å². The van der Waals surface area contributed by atoms with Gasteiger partial charge in [-0.3, -0.25) is 0 Å². The van der Waals surface area contributed by atoms with Gasteiger partial charge in [0.05, 0.1) is 18.9 Å². The molecule has 0 amide bonds. The van der Waals surface area contributed by atoms with Crippen LogP contribution in [0.1, 0.15) is 47.5 Å². The van der Waals surface area contributed by atoms with Crippen LogP contribution in [-0.2, 0) is 16.1 Å². The van der Waals surface area contributed by atoms with E-state index in [0.717, 1.165) is 12.8 Å². The highest BCUT2D eigenvalue weighted by Crippen LogP contribution is 2.16. The summed E-state index contributed by atoms with van der Waals surface area (Å²) in [6.45, 7) is 9.50. The van der Waals surface area contributed by atoms with Crippen molar-refractivity contribution < 1.29 is 14.4 Å². The Kier molecular flexibility index (Phi) is 8.03. The Labute approximate surface area is 108 Å². The van der Waals surface area contributed by atoms with E-state index in [1.54, 1.807) is 0 Å². The lowest BCUT2D eigenvalue weighted by Crippen LogP contribution is -2.29. The lowest BCUT2D eigenvalue weighted by molar-refractivity contribution is -0.00444. The third-order valence-corrected chi connectivity index (χ3v) is 3.67. The van der Waals surface area contributed by atoms with Crippen LogP contribution in [0.15, 0.2) is 4.40 Å². The molecule has 0 aromatic rings. The van der Waals surface area contributed by atoms with Gasteiger partial charge in [0.2, 0.25) is 0 Å². The Morgan fingerprint density at radius 1 is 1.35 bits per heavy atom. The molecule has 0 rings (SSSR count). The molecule has 17 heavy (non-hydrogen) atoms. The third kappa shape index (κ3) is 7.03. The summed E-state index contributed by atoms with van der Waals surface area (Å²) >= 11 is -1.30. The Morgan fingerprint density at radius 2 is 1.88 bits per heavy atom. The van der Waals surface area contributed by atoms with Crippen LogP contribution in [-0.4, -0.2) is 39.4 Å². The molecule has 0 radical (unpaired) electrons. The van der Waals surface area contributed by atoms with E-state index in [9.17, 15) is 4.55 Å². The van der Waals surface area contributed by atoms with E-state index in [2.05, 4.69) is 4.40 Å². The summed E-state index contributed by atoms with van der Waals surface area (Å²) in [6, 6.07) is 0. The second kappa shape index (κ2) is 8.08. The van der Waals surface area contributed by atoms with Crippen molar-refractivity contribution >= 4 is 17.6 Å². The first-order valence-electron chi connectivity index (χ1n) is 6.07. The molecule has 1 unspecified atom stereocenters. The SMILES string of the molecule is CCC(CC)O[C@@H](C=N[S+]([O-])C(C)(C)C)CO. The number of hydrogen-bond donors (Lipinski definition) is 1. The number of ether oxygens (including phenoxy) is 1. The molecule has 0 aliphatic heterocycles. The molecule has 102 valence electrons. The molecule has 0 aromatic carbocycles. The average Bonchev–Trinajstić information content (AvgIpc) is 2.28. The predicted octanol–water partition coefficient (Wildman–Crippen LogP) is 2.09. The van der Waals surface area contributed by atoms with Gasteiger partial charge in [0.1, 0.15) is 22.2 Å². The van der Waals surface area contributed by atoms with Crippen LogP contribution in [0.3, 0.4) is 0 Å². The van der Waals surface area contributed by atoms with Gasteiger partial charge in [0.15, 0.2) is 0 Å². The fraction of sp³-hybridized carbons (Fsp3) is 0.917. The van der Waals surface area contributed by atoms with Crippen LogP contribution in [0, 0.1) is 0 Å². The minimum atomic E-state index is -1.30. The van der Waals surface area contributed by atoms with E-state index in [0.29, 0.717) is 0 Å². The molecule has 5 heteroatoms. The molecular formula is C12H25NO3S. The zero-order chi connectivity index (χ0) is 13.5. The summed E-state index contributed by atoms with van der Waals surface area (Å²) in [6.07, 6.45) is 2.89. The topological polar surface area (TPSA) is 64.9 Å². The van der Waals surface area contributed by atoms with Gasteiger partial charge >= 0.3 is 0 Å². The monoisotopic (exact) mass is 263 g/mol. The number of aliphatic hydroxyl groups excluding tert-OH is 1. The van der Waals surface area contributed by atoms with Crippen molar-refractivity contribution in [3.63, 3.8) is 0 Å². The van der Waals surface area contributed by atoms with E-state index in [-0.39, 0.29) is 17.5 Å². The minimum Gasteiger partial charge on any atom is -0.591 e. The maximum absolute atomic E-state index is 11.7. The van der Waals surface area contributed by atoms with Crippen LogP contribution in [0.2, 0.25) is 0 Å². The Morgan fingerprint density at radius 3 is 2.24 bits per heavy atom. The zero-order valence-electron chi connectivity index (χ0n) is 11.5. The molecule has 0 aliphatic carbocycles. The molecule has 0 aliphatic rings. The fourth-order valence-electron chi connectivity index (χ4n) is 1.13. The van der Waals surface area contributed by atoms with Crippen molar-refractivity contribution in [2.24, 2.45) is 4.40 Å². The van der Waals surface area contributed by atoms with Crippen molar-refractivity contribution in [2.75, 3.05) is 6.61 Å². The van der Waals surface area contributed by atoms with Crippen LogP contribution in [0.25, 0.3) is 0 Å². The molecular weight excluding hydrogens is 238 g/mol. The summed E-state index contributed by atoms with van der Waals surface area (Å²) in [7, 11) is 0. The number of nitrogens with zero attached hydrogens (tertiary/aromatic N) is 1. The summed E-state index contributed by atoms with van der Waals surface area (Å²) < 4.78 is 20.9. The fourth-order valence-corrected chi connectivity index (χ4v) is 1.70. The maximum Gasteiger partial charge on any atom is 0.144 e. The van der Waals surface area contributed by atoms with Crippen molar-refractivity contribution in [3.05, 3.63) is 0 Å². The van der Waals surface area contributed by atoms with E-state index in [1.807, 2.05) is 34.6 Å². The highest BCUT2D eigenvalue weighted by Gasteiger charge is 2.26. The van der Waals surface area contributed by atoms with Gasteiger partial charge in [0.25, 0.3) is 0 Å². The molecule has 2 atom stereocenters. The van der Waals surface area contributed by atoms with E-state index in [4.69, 9.17) is 9.84 Å². The molecule has 0 bridgehead atoms. The molecule has 0 aromatic heterocycles. The lowest BCUT2D eigenvalue weighted by atomic mass is 10.2. The maximum atomic E-state index is 11.7. The molecule has 4 nitrogen and oxygen atoms in total. The van der Waals surface area contributed by atoms with Gasteiger partial charge in [-0.2, -0.15) is 0 Å². The summed E-state index contributed by atoms with van der Waals surface area (Å²) in [5.74, 6) is 0. The van der Waals surface area contributed by atoms with Crippen LogP contribution in [0.5, 0.6) is 0 Å². The first-order valence-corrected chi connectivity index (χ1v) is 7.18. The molecule has 0 fully saturated rings. The van der Waals surface area contributed by atoms with Crippen molar-refractivity contribution in [2.45, 2.75) is 64.4 Å². The standard InChI is InChI=1S/C12H25NO3S/c1-6-10(7-2)16-11(9-14)8-13-17(15)12(3,4)5/h8,10-11,14H,6-7,9H2,1-5H3/t11-,17?/m0/s1. The predicted molar refractivity (Wildman–Crippen MR) is 72.7 cm³/mol. The number of hydrogen-bond acceptors (Lipinski definition) is 4. The summed E-state index contributed by atoms with van der Waals surface area (Å²) in [5.41, 5.74) is 0. The van der Waals surface area contributed by atoms with Gasteiger partial charge in [-0.25, -0.2) is 0 Å². The third-order valence-electron chi connectivity index (χ3n) is 2.30. The Bertz CT molecular complexity index is 224. The second-order valence-corrected chi connectivity index (χ2v) is 6.85. The highest BCUT2D eigenvalue weighted by atomic mass is 32.2. The zero-order valence-corrected chi connectivity index (χ0v) is 12.3. The Hall–Kier alpha value is -0.100. The van der Waals surface area contributed by atoms with Crippen LogP contribution in [0.4, 0.5) is 0 Å². The smallest absolute Gasteiger partial charge is 0.144 e. The van der Waals surface area contributed by atoms with Gasteiger partial charge in [0, 0.05) is 0 Å². The normalized spacial score (nSPS) is 16.7. The molecule has 0 saturated heterocycles. The number of rotatable bonds is 7. The van der Waals surface area contributed by atoms with Gasteiger partial charge in [-0.15, -0.1) is 0 Å². The van der Waals surface area contributed by atoms with Crippen molar-refractivity contribution in [1.29, 1.82) is 0 Å². The summed E-state index contributed by atoms with van der Waals surface area (Å²) in [5, 5.41) is 9.17. The molecule has 1 N–H and O–H groups in total. The Balaban J connectivity index is 4.34. The van der Waals surface area contributed by atoms with Crippen LogP contribution >= 0.6 is 0 Å². The molecule has 0 spiro atoms. The van der Waals surface area contributed by atoms with E-state index < -0.39 is 17.5 Å². The van der Waals surface area contributed by atoms with E-state index in [1.165, 1.54) is 6.21 Å². The first-order chi connectivity index (χ1) is 7.85. The highest BCUT2D eigenvalue weighted by molar-refractivity contribution is 7.91. The lowest BCUT2D eigenvalue weighted by Gasteiger charge is -2.20. The summed E-state index contributed by atoms with van der Waals surface area (Å²) in [4.78, 5) is 0. The molecule has 0 heterocycles. The minimum absolute atomic E-state index is 0.113. The average molecular weight is 263 g/mol. The second-order valence-electron chi connectivity index (χ2n) is 4.91.